The quantitative estimate of drug-likeness (QED) is 0.905. The van der Waals surface area contributed by atoms with E-state index in [4.69, 9.17) is 5.73 Å². The van der Waals surface area contributed by atoms with E-state index in [1.165, 1.54) is 0 Å². The summed E-state index contributed by atoms with van der Waals surface area (Å²) in [4.78, 5) is 11.0. The molecule has 17 heavy (non-hydrogen) atoms. The van der Waals surface area contributed by atoms with Crippen molar-refractivity contribution in [1.82, 2.24) is 14.9 Å². The van der Waals surface area contributed by atoms with Crippen LogP contribution in [0.5, 0.6) is 0 Å². The molecule has 0 aromatic carbocycles. The summed E-state index contributed by atoms with van der Waals surface area (Å²) in [6.07, 6.45) is 1.75. The number of anilines is 1. The number of rotatable bonds is 5. The molecule has 0 spiro atoms. The van der Waals surface area contributed by atoms with Crippen molar-refractivity contribution >= 4 is 21.7 Å². The van der Waals surface area contributed by atoms with Crippen molar-refractivity contribution in [2.24, 2.45) is 5.92 Å². The van der Waals surface area contributed by atoms with Crippen LogP contribution >= 0.6 is 15.9 Å². The van der Waals surface area contributed by atoms with E-state index in [0.29, 0.717) is 11.7 Å². The largest absolute Gasteiger partial charge is 0.383 e. The molecule has 0 atom stereocenters. The Morgan fingerprint density at radius 2 is 1.94 bits per heavy atom. The molecule has 0 bridgehead atoms. The molecule has 0 radical (unpaired) electrons. The first-order chi connectivity index (χ1) is 7.90. The van der Waals surface area contributed by atoms with Gasteiger partial charge in [0.05, 0.1) is 10.2 Å². The first-order valence-corrected chi connectivity index (χ1v) is 6.65. The molecule has 96 valence electrons. The van der Waals surface area contributed by atoms with Crippen LogP contribution in [0.3, 0.4) is 0 Å². The number of nitrogens with zero attached hydrogens (tertiary/aromatic N) is 3. The van der Waals surface area contributed by atoms with Crippen molar-refractivity contribution < 1.29 is 0 Å². The Bertz CT molecular complexity index is 377. The third-order valence-corrected chi connectivity index (χ3v) is 3.24. The first-order valence-electron chi connectivity index (χ1n) is 5.85. The summed E-state index contributed by atoms with van der Waals surface area (Å²) in [6, 6.07) is 0. The minimum Gasteiger partial charge on any atom is -0.383 e. The Morgan fingerprint density at radius 1 is 1.29 bits per heavy atom. The molecule has 0 saturated heterocycles. The van der Waals surface area contributed by atoms with Crippen LogP contribution in [0.15, 0.2) is 4.47 Å². The van der Waals surface area contributed by atoms with Crippen LogP contribution in [0.2, 0.25) is 0 Å². The van der Waals surface area contributed by atoms with Crippen LogP contribution in [-0.4, -0.2) is 35.5 Å². The Balaban J connectivity index is 2.89. The summed E-state index contributed by atoms with van der Waals surface area (Å²) in [5, 5.41) is 0. The maximum Gasteiger partial charge on any atom is 0.141 e. The van der Waals surface area contributed by atoms with Crippen LogP contribution in [0.1, 0.15) is 25.4 Å². The van der Waals surface area contributed by atoms with Crippen LogP contribution in [0, 0.1) is 5.92 Å². The fraction of sp³-hybridized carbons (Fsp3) is 0.667. The molecular formula is C12H21BrN4. The Morgan fingerprint density at radius 3 is 2.47 bits per heavy atom. The molecule has 0 unspecified atom stereocenters. The standard InChI is InChI=1S/C12H21BrN4/c1-8(2)7-9-11(13)12(14)16-10(15-9)5-6-17(3)4/h8H,5-7H2,1-4H3,(H2,14,15,16). The minimum atomic E-state index is 0.546. The number of aromatic nitrogens is 2. The van der Waals surface area contributed by atoms with Gasteiger partial charge in [0.25, 0.3) is 0 Å². The molecule has 1 heterocycles. The van der Waals surface area contributed by atoms with E-state index in [9.17, 15) is 0 Å². The van der Waals surface area contributed by atoms with Gasteiger partial charge in [-0.15, -0.1) is 0 Å². The van der Waals surface area contributed by atoms with E-state index in [1.54, 1.807) is 0 Å². The van der Waals surface area contributed by atoms with Crippen molar-refractivity contribution in [3.8, 4) is 0 Å². The summed E-state index contributed by atoms with van der Waals surface area (Å²) >= 11 is 3.46. The summed E-state index contributed by atoms with van der Waals surface area (Å²) in [6.45, 7) is 5.27. The number of nitrogen functional groups attached to an aromatic ring is 1. The second kappa shape index (κ2) is 6.31. The van der Waals surface area contributed by atoms with Crippen LogP contribution in [0.25, 0.3) is 0 Å². The summed E-state index contributed by atoms with van der Waals surface area (Å²) in [5.74, 6) is 1.93. The normalized spacial score (nSPS) is 11.5. The van der Waals surface area contributed by atoms with Gasteiger partial charge in [0, 0.05) is 13.0 Å². The molecule has 2 N–H and O–H groups in total. The average Bonchev–Trinajstić information content (AvgIpc) is 2.21. The highest BCUT2D eigenvalue weighted by Crippen LogP contribution is 2.23. The number of nitrogens with two attached hydrogens (primary N) is 1. The van der Waals surface area contributed by atoms with Gasteiger partial charge in [-0.25, -0.2) is 9.97 Å². The van der Waals surface area contributed by atoms with E-state index in [-0.39, 0.29) is 0 Å². The highest BCUT2D eigenvalue weighted by Gasteiger charge is 2.11. The Hall–Kier alpha value is -0.680. The lowest BCUT2D eigenvalue weighted by molar-refractivity contribution is 0.409. The van der Waals surface area contributed by atoms with Gasteiger partial charge < -0.3 is 10.6 Å². The molecule has 0 aliphatic carbocycles. The maximum absolute atomic E-state index is 5.89. The predicted octanol–water partition coefficient (Wildman–Crippen LogP) is 2.12. The minimum absolute atomic E-state index is 0.546. The third-order valence-electron chi connectivity index (χ3n) is 2.38. The van der Waals surface area contributed by atoms with Gasteiger partial charge in [-0.2, -0.15) is 0 Å². The highest BCUT2D eigenvalue weighted by molar-refractivity contribution is 9.10. The van der Waals surface area contributed by atoms with Gasteiger partial charge in [0.1, 0.15) is 11.6 Å². The Labute approximate surface area is 112 Å². The molecule has 1 rings (SSSR count). The van der Waals surface area contributed by atoms with Gasteiger partial charge in [-0.3, -0.25) is 0 Å². The number of hydrogen-bond donors (Lipinski definition) is 1. The van der Waals surface area contributed by atoms with Crippen LogP contribution < -0.4 is 5.73 Å². The topological polar surface area (TPSA) is 55.0 Å². The molecule has 0 aliphatic rings. The number of hydrogen-bond acceptors (Lipinski definition) is 4. The smallest absolute Gasteiger partial charge is 0.141 e. The number of likely N-dealkylation sites (N-methyl/N-ethyl adjacent to an activating group) is 1. The molecule has 1 aromatic rings. The maximum atomic E-state index is 5.89. The van der Waals surface area contributed by atoms with Gasteiger partial charge in [-0.1, -0.05) is 13.8 Å². The SMILES string of the molecule is CC(C)Cc1nc(CCN(C)C)nc(N)c1Br. The lowest BCUT2D eigenvalue weighted by atomic mass is 10.1. The van der Waals surface area contributed by atoms with Crippen molar-refractivity contribution in [3.05, 3.63) is 16.0 Å². The monoisotopic (exact) mass is 300 g/mol. The third kappa shape index (κ3) is 4.60. The fourth-order valence-corrected chi connectivity index (χ4v) is 1.86. The fourth-order valence-electron chi connectivity index (χ4n) is 1.52. The Kier molecular flexibility index (Phi) is 5.33. The molecule has 0 fully saturated rings. The van der Waals surface area contributed by atoms with Gasteiger partial charge in [0.15, 0.2) is 0 Å². The molecule has 5 heteroatoms. The van der Waals surface area contributed by atoms with E-state index in [1.807, 2.05) is 14.1 Å². The average molecular weight is 301 g/mol. The van der Waals surface area contributed by atoms with Gasteiger partial charge >= 0.3 is 0 Å². The van der Waals surface area contributed by atoms with E-state index in [2.05, 4.69) is 44.6 Å². The van der Waals surface area contributed by atoms with Crippen LogP contribution in [0.4, 0.5) is 5.82 Å². The molecule has 0 aliphatic heterocycles. The van der Waals surface area contributed by atoms with Crippen molar-refractivity contribution in [2.45, 2.75) is 26.7 Å². The summed E-state index contributed by atoms with van der Waals surface area (Å²) < 4.78 is 0.847. The van der Waals surface area contributed by atoms with Gasteiger partial charge in [0.2, 0.25) is 0 Å². The summed E-state index contributed by atoms with van der Waals surface area (Å²) in [7, 11) is 4.08. The predicted molar refractivity (Wildman–Crippen MR) is 74.9 cm³/mol. The van der Waals surface area contributed by atoms with Crippen molar-refractivity contribution in [2.75, 3.05) is 26.4 Å². The zero-order valence-corrected chi connectivity index (χ0v) is 12.6. The molecule has 4 nitrogen and oxygen atoms in total. The second-order valence-corrected chi connectivity index (χ2v) is 5.73. The van der Waals surface area contributed by atoms with Crippen molar-refractivity contribution in [1.29, 1.82) is 0 Å². The lowest BCUT2D eigenvalue weighted by Gasteiger charge is -2.12. The second-order valence-electron chi connectivity index (χ2n) is 4.94. The molecule has 1 aromatic heterocycles. The summed E-state index contributed by atoms with van der Waals surface area (Å²) in [5.41, 5.74) is 6.91. The van der Waals surface area contributed by atoms with E-state index < -0.39 is 0 Å². The molecule has 0 saturated carbocycles. The van der Waals surface area contributed by atoms with E-state index in [0.717, 1.165) is 35.4 Å². The zero-order valence-electron chi connectivity index (χ0n) is 11.0. The lowest BCUT2D eigenvalue weighted by Crippen LogP contribution is -2.17. The van der Waals surface area contributed by atoms with E-state index >= 15 is 0 Å². The van der Waals surface area contributed by atoms with Crippen LogP contribution in [-0.2, 0) is 12.8 Å². The highest BCUT2D eigenvalue weighted by atomic mass is 79.9. The molecule has 0 amide bonds. The first kappa shape index (κ1) is 14.4. The molecular weight excluding hydrogens is 280 g/mol. The van der Waals surface area contributed by atoms with Crippen molar-refractivity contribution in [3.63, 3.8) is 0 Å². The van der Waals surface area contributed by atoms with Gasteiger partial charge in [-0.05, 0) is 42.4 Å². The zero-order chi connectivity index (χ0) is 13.0. The number of halogens is 1.